The van der Waals surface area contributed by atoms with Gasteiger partial charge in [-0.25, -0.2) is 13.2 Å². The van der Waals surface area contributed by atoms with E-state index in [0.29, 0.717) is 28.8 Å². The number of alkyl halides is 3. The molecule has 220 valence electrons. The highest BCUT2D eigenvalue weighted by molar-refractivity contribution is 7.90. The lowest BCUT2D eigenvalue weighted by atomic mass is 10.0. The molecule has 13 heteroatoms. The second-order valence-electron chi connectivity index (χ2n) is 10.8. The Morgan fingerprint density at radius 2 is 1.76 bits per heavy atom. The van der Waals surface area contributed by atoms with E-state index in [0.717, 1.165) is 12.3 Å². The van der Waals surface area contributed by atoms with Gasteiger partial charge in [0.2, 0.25) is 0 Å². The Morgan fingerprint density at radius 1 is 1.10 bits per heavy atom. The van der Waals surface area contributed by atoms with Crippen molar-refractivity contribution >= 4 is 21.8 Å². The molecule has 2 N–H and O–H groups in total. The lowest BCUT2D eigenvalue weighted by Gasteiger charge is -2.36. The van der Waals surface area contributed by atoms with Crippen molar-refractivity contribution in [1.29, 1.82) is 0 Å². The van der Waals surface area contributed by atoms with Gasteiger partial charge in [-0.3, -0.25) is 4.79 Å². The normalized spacial score (nSPS) is 15.7. The first kappa shape index (κ1) is 30.0. The third-order valence-electron chi connectivity index (χ3n) is 6.79. The first-order valence-corrected chi connectivity index (χ1v) is 14.6. The molecular formula is C28H30F3N3O6S. The number of nitrogens with zero attached hydrogens (tertiary/aromatic N) is 2. The monoisotopic (exact) mass is 593 g/mol. The van der Waals surface area contributed by atoms with Gasteiger partial charge >= 0.3 is 12.5 Å². The van der Waals surface area contributed by atoms with E-state index in [1.54, 1.807) is 49.6 Å². The Labute approximate surface area is 235 Å². The highest BCUT2D eigenvalue weighted by atomic mass is 32.2. The Bertz CT molecular complexity index is 1570. The molecule has 0 aliphatic carbocycles. The van der Waals surface area contributed by atoms with Gasteiger partial charge in [-0.2, -0.15) is 0 Å². The number of halogens is 3. The van der Waals surface area contributed by atoms with Crippen molar-refractivity contribution in [3.8, 4) is 28.1 Å². The molecule has 9 nitrogen and oxygen atoms in total. The number of aromatic nitrogens is 1. The van der Waals surface area contributed by atoms with E-state index < -0.39 is 45.5 Å². The third kappa shape index (κ3) is 6.67. The molecule has 3 aromatic rings. The number of hydrogen-bond acceptors (Lipinski definition) is 5. The van der Waals surface area contributed by atoms with Crippen LogP contribution in [-0.2, 0) is 9.84 Å². The molecule has 0 unspecified atom stereocenters. The number of carbonyl (C=O) groups excluding carboxylic acids is 1. The zero-order valence-electron chi connectivity index (χ0n) is 22.8. The maximum atomic E-state index is 13.0. The minimum atomic E-state index is -4.91. The number of hydrogen-bond donors (Lipinski definition) is 2. The Hall–Kier alpha value is -4.00. The van der Waals surface area contributed by atoms with Crippen LogP contribution in [-0.4, -0.2) is 66.2 Å². The predicted molar refractivity (Wildman–Crippen MR) is 146 cm³/mol. The number of amides is 2. The molecule has 0 spiro atoms. The van der Waals surface area contributed by atoms with Crippen molar-refractivity contribution in [2.24, 2.45) is 0 Å². The average molecular weight is 594 g/mol. The Morgan fingerprint density at radius 3 is 2.32 bits per heavy atom. The van der Waals surface area contributed by atoms with Crippen molar-refractivity contribution < 1.29 is 41.0 Å². The van der Waals surface area contributed by atoms with Crippen molar-refractivity contribution in [3.63, 3.8) is 0 Å². The van der Waals surface area contributed by atoms with Crippen molar-refractivity contribution in [1.82, 2.24) is 14.8 Å². The molecule has 0 bridgehead atoms. The third-order valence-corrected chi connectivity index (χ3v) is 7.92. The van der Waals surface area contributed by atoms with E-state index in [4.69, 9.17) is 0 Å². The van der Waals surface area contributed by atoms with E-state index in [1.807, 2.05) is 0 Å². The summed E-state index contributed by atoms with van der Waals surface area (Å²) in [4.78, 5) is 26.3. The lowest BCUT2D eigenvalue weighted by molar-refractivity contribution is -0.274. The molecule has 1 aromatic heterocycles. The molecule has 1 atom stereocenters. The van der Waals surface area contributed by atoms with Crippen LogP contribution in [0.1, 0.15) is 43.7 Å². The number of carboxylic acid groups (broad SMARTS) is 1. The van der Waals surface area contributed by atoms with Crippen LogP contribution in [0.4, 0.5) is 18.0 Å². The molecule has 0 fully saturated rings. The van der Waals surface area contributed by atoms with Crippen LogP contribution >= 0.6 is 0 Å². The Kier molecular flexibility index (Phi) is 7.87. The molecule has 41 heavy (non-hydrogen) atoms. The van der Waals surface area contributed by atoms with Crippen LogP contribution < -0.4 is 10.1 Å². The quantitative estimate of drug-likeness (QED) is 0.370. The first-order valence-electron chi connectivity index (χ1n) is 12.7. The van der Waals surface area contributed by atoms with Crippen molar-refractivity contribution in [3.05, 3.63) is 60.3 Å². The summed E-state index contributed by atoms with van der Waals surface area (Å²) in [6, 6.07) is 12.5. The Balaban J connectivity index is 1.89. The summed E-state index contributed by atoms with van der Waals surface area (Å²) in [5, 5.41) is 12.6. The smallest absolute Gasteiger partial charge is 0.465 e. The van der Waals surface area contributed by atoms with Crippen molar-refractivity contribution in [2.45, 2.75) is 50.0 Å². The molecular weight excluding hydrogens is 563 g/mol. The summed E-state index contributed by atoms with van der Waals surface area (Å²) in [5.41, 5.74) is 1.31. The summed E-state index contributed by atoms with van der Waals surface area (Å²) >= 11 is 0. The predicted octanol–water partition coefficient (Wildman–Crippen LogP) is 5.58. The number of rotatable bonds is 7. The van der Waals surface area contributed by atoms with Crippen LogP contribution in [0, 0.1) is 0 Å². The molecule has 1 aliphatic rings. The number of carbonyl (C=O) groups is 2. The van der Waals surface area contributed by atoms with Gasteiger partial charge in [-0.05, 0) is 68.7 Å². The fourth-order valence-corrected chi connectivity index (χ4v) is 5.56. The number of ether oxygens (including phenoxy) is 1. The average Bonchev–Trinajstić information content (AvgIpc) is 3.25. The molecule has 1 aliphatic heterocycles. The molecule has 0 saturated carbocycles. The fraction of sp³-hybridized carbons (Fsp3) is 0.357. The first-order chi connectivity index (χ1) is 19.0. The van der Waals surface area contributed by atoms with Crippen LogP contribution in [0.2, 0.25) is 0 Å². The van der Waals surface area contributed by atoms with E-state index in [-0.39, 0.29) is 23.7 Å². The number of nitrogens with one attached hydrogen (secondary N) is 1. The molecule has 2 amide bonds. The maximum absolute atomic E-state index is 13.0. The molecule has 0 saturated heterocycles. The SMILES string of the molecule is CC(C)(C)N(CC[C@H]1CNC(=O)c2cc(-c3cccc(OC(F)(F)F)c3)c(-c3ccc(S(C)(=O)=O)cc3)n21)C(=O)O. The van der Waals surface area contributed by atoms with E-state index >= 15 is 0 Å². The molecule has 4 rings (SSSR count). The van der Waals surface area contributed by atoms with Gasteiger partial charge in [-0.15, -0.1) is 13.2 Å². The maximum Gasteiger partial charge on any atom is 0.573 e. The van der Waals surface area contributed by atoms with Crippen LogP contribution in [0.5, 0.6) is 5.75 Å². The molecule has 2 aromatic carbocycles. The van der Waals surface area contributed by atoms with Crippen LogP contribution in [0.3, 0.4) is 0 Å². The summed E-state index contributed by atoms with van der Waals surface area (Å²) < 4.78 is 68.9. The second-order valence-corrected chi connectivity index (χ2v) is 12.8. The van der Waals surface area contributed by atoms with Gasteiger partial charge in [-0.1, -0.05) is 24.3 Å². The highest BCUT2D eigenvalue weighted by Crippen LogP contribution is 2.41. The number of benzene rings is 2. The summed E-state index contributed by atoms with van der Waals surface area (Å²) in [5.74, 6) is -0.851. The minimum absolute atomic E-state index is 0.0744. The van der Waals surface area contributed by atoms with E-state index in [1.165, 1.54) is 29.2 Å². The lowest BCUT2D eigenvalue weighted by Crippen LogP contribution is -2.47. The van der Waals surface area contributed by atoms with Gasteiger partial charge < -0.3 is 24.6 Å². The standard InChI is InChI=1S/C28H30F3N3O6S/c1-27(2,3)33(26(36)37)13-12-19-16-32-25(35)23-15-22(18-6-5-7-20(14-18)40-28(29,30)31)24(34(19)23)17-8-10-21(11-9-17)41(4,38)39/h5-11,14-15,19H,12-13,16H2,1-4H3,(H,32,35)(H,36,37)/t19-/m0/s1. The van der Waals surface area contributed by atoms with Crippen LogP contribution in [0.25, 0.3) is 22.4 Å². The van der Waals surface area contributed by atoms with Gasteiger partial charge in [0.1, 0.15) is 11.4 Å². The molecule has 0 radical (unpaired) electrons. The topological polar surface area (TPSA) is 118 Å². The largest absolute Gasteiger partial charge is 0.573 e. The highest BCUT2D eigenvalue weighted by Gasteiger charge is 2.34. The second kappa shape index (κ2) is 10.8. The zero-order valence-corrected chi connectivity index (χ0v) is 23.6. The fourth-order valence-electron chi connectivity index (χ4n) is 4.93. The van der Waals surface area contributed by atoms with Gasteiger partial charge in [0.05, 0.1) is 16.6 Å². The summed E-state index contributed by atoms with van der Waals surface area (Å²) in [7, 11) is -3.51. The minimum Gasteiger partial charge on any atom is -0.465 e. The van der Waals surface area contributed by atoms with Gasteiger partial charge in [0, 0.05) is 30.4 Å². The van der Waals surface area contributed by atoms with E-state index in [2.05, 4.69) is 10.1 Å². The summed E-state index contributed by atoms with van der Waals surface area (Å²) in [6.07, 6.45) is -4.61. The zero-order chi connectivity index (χ0) is 30.3. The van der Waals surface area contributed by atoms with Crippen molar-refractivity contribution in [2.75, 3.05) is 19.3 Å². The number of fused-ring (bicyclic) bond motifs is 1. The molecule has 2 heterocycles. The van der Waals surface area contributed by atoms with Gasteiger partial charge in [0.15, 0.2) is 9.84 Å². The van der Waals surface area contributed by atoms with Gasteiger partial charge in [0.25, 0.3) is 5.91 Å². The van der Waals surface area contributed by atoms with E-state index in [9.17, 15) is 36.3 Å². The van der Waals surface area contributed by atoms with Crippen LogP contribution in [0.15, 0.2) is 59.5 Å². The number of sulfone groups is 1. The summed E-state index contributed by atoms with van der Waals surface area (Å²) in [6.45, 7) is 5.64.